The number of hydrogen-bond acceptors (Lipinski definition) is 5. The molecule has 1 aliphatic carbocycles. The van der Waals surface area contributed by atoms with Gasteiger partial charge in [0.15, 0.2) is 0 Å². The SMILES string of the molecule is Cc1cc(NC(=O)c2ccccc2Cl)sc1C(=O)NCc1ccnc(OC2CCCC2)c1. The molecular formula is C24H24ClN3O3S. The fourth-order valence-electron chi connectivity index (χ4n) is 3.66. The third kappa shape index (κ3) is 5.47. The summed E-state index contributed by atoms with van der Waals surface area (Å²) in [6.45, 7) is 2.21. The summed E-state index contributed by atoms with van der Waals surface area (Å²) in [5.41, 5.74) is 2.10. The molecule has 0 unspecified atom stereocenters. The topological polar surface area (TPSA) is 80.3 Å². The number of rotatable bonds is 7. The first-order valence-electron chi connectivity index (χ1n) is 10.6. The van der Waals surface area contributed by atoms with Gasteiger partial charge in [0, 0.05) is 18.8 Å². The number of carbonyl (C=O) groups is 2. The maximum atomic E-state index is 12.7. The Kier molecular flexibility index (Phi) is 7.07. The van der Waals surface area contributed by atoms with Crippen LogP contribution in [0.25, 0.3) is 0 Å². The molecule has 8 heteroatoms. The lowest BCUT2D eigenvalue weighted by Gasteiger charge is -2.13. The number of nitrogens with one attached hydrogen (secondary N) is 2. The minimum atomic E-state index is -0.310. The molecule has 0 aliphatic heterocycles. The molecule has 1 fully saturated rings. The minimum Gasteiger partial charge on any atom is -0.474 e. The quantitative estimate of drug-likeness (QED) is 0.471. The van der Waals surface area contributed by atoms with E-state index >= 15 is 0 Å². The highest BCUT2D eigenvalue weighted by atomic mass is 35.5. The van der Waals surface area contributed by atoms with Gasteiger partial charge in [-0.25, -0.2) is 4.98 Å². The van der Waals surface area contributed by atoms with Crippen LogP contribution in [0.2, 0.25) is 5.02 Å². The van der Waals surface area contributed by atoms with Crippen molar-refractivity contribution in [2.24, 2.45) is 0 Å². The molecule has 2 aromatic heterocycles. The molecule has 1 saturated carbocycles. The lowest BCUT2D eigenvalue weighted by atomic mass is 10.2. The smallest absolute Gasteiger partial charge is 0.261 e. The number of pyridine rings is 1. The van der Waals surface area contributed by atoms with E-state index in [9.17, 15) is 9.59 Å². The molecular weight excluding hydrogens is 446 g/mol. The maximum absolute atomic E-state index is 12.7. The van der Waals surface area contributed by atoms with Crippen LogP contribution in [0, 0.1) is 6.92 Å². The molecule has 6 nitrogen and oxygen atoms in total. The molecule has 0 atom stereocenters. The number of carbonyl (C=O) groups excluding carboxylic acids is 2. The number of amides is 2. The summed E-state index contributed by atoms with van der Waals surface area (Å²) in [6.07, 6.45) is 6.46. The molecule has 0 bridgehead atoms. The van der Waals surface area contributed by atoms with Crippen LogP contribution < -0.4 is 15.4 Å². The predicted molar refractivity (Wildman–Crippen MR) is 127 cm³/mol. The Balaban J connectivity index is 1.36. The number of anilines is 1. The Labute approximate surface area is 196 Å². The summed E-state index contributed by atoms with van der Waals surface area (Å²) >= 11 is 7.33. The molecule has 1 aromatic carbocycles. The van der Waals surface area contributed by atoms with Gasteiger partial charge in [-0.2, -0.15) is 0 Å². The Morgan fingerprint density at radius 3 is 2.72 bits per heavy atom. The zero-order valence-electron chi connectivity index (χ0n) is 17.7. The maximum Gasteiger partial charge on any atom is 0.261 e. The van der Waals surface area contributed by atoms with Crippen LogP contribution in [0.1, 0.15) is 56.8 Å². The average molecular weight is 470 g/mol. The van der Waals surface area contributed by atoms with E-state index in [0.717, 1.165) is 24.0 Å². The van der Waals surface area contributed by atoms with Crippen molar-refractivity contribution in [2.75, 3.05) is 5.32 Å². The van der Waals surface area contributed by atoms with Crippen LogP contribution in [-0.4, -0.2) is 22.9 Å². The summed E-state index contributed by atoms with van der Waals surface area (Å²) in [6, 6.07) is 12.4. The van der Waals surface area contributed by atoms with Gasteiger partial charge >= 0.3 is 0 Å². The van der Waals surface area contributed by atoms with Crippen LogP contribution in [-0.2, 0) is 6.54 Å². The fourth-order valence-corrected chi connectivity index (χ4v) is 4.86. The molecule has 1 aliphatic rings. The van der Waals surface area contributed by atoms with E-state index in [1.54, 1.807) is 36.5 Å². The highest BCUT2D eigenvalue weighted by Gasteiger charge is 2.18. The number of benzene rings is 1. The molecule has 0 saturated heterocycles. The predicted octanol–water partition coefficient (Wildman–Crippen LogP) is 5.61. The Morgan fingerprint density at radius 2 is 1.94 bits per heavy atom. The molecule has 2 amide bonds. The van der Waals surface area contributed by atoms with Crippen molar-refractivity contribution >= 4 is 39.8 Å². The van der Waals surface area contributed by atoms with Gasteiger partial charge in [0.25, 0.3) is 11.8 Å². The first-order valence-corrected chi connectivity index (χ1v) is 11.7. The van der Waals surface area contributed by atoms with Crippen LogP contribution in [0.5, 0.6) is 5.88 Å². The van der Waals surface area contributed by atoms with Crippen molar-refractivity contribution in [1.82, 2.24) is 10.3 Å². The monoisotopic (exact) mass is 469 g/mol. The average Bonchev–Trinajstić information content (AvgIpc) is 3.42. The number of ether oxygens (including phenoxy) is 1. The molecule has 32 heavy (non-hydrogen) atoms. The van der Waals surface area contributed by atoms with Crippen LogP contribution >= 0.6 is 22.9 Å². The highest BCUT2D eigenvalue weighted by Crippen LogP contribution is 2.28. The first-order chi connectivity index (χ1) is 15.5. The molecule has 2 N–H and O–H groups in total. The van der Waals surface area contributed by atoms with E-state index in [1.807, 2.05) is 19.1 Å². The van der Waals surface area contributed by atoms with Gasteiger partial charge in [-0.3, -0.25) is 9.59 Å². The summed E-state index contributed by atoms with van der Waals surface area (Å²) in [5.74, 6) is 0.0942. The summed E-state index contributed by atoms with van der Waals surface area (Å²) < 4.78 is 5.94. The molecule has 0 radical (unpaired) electrons. The van der Waals surface area contributed by atoms with Gasteiger partial charge in [0.2, 0.25) is 5.88 Å². The van der Waals surface area contributed by atoms with E-state index in [-0.39, 0.29) is 17.9 Å². The Bertz CT molecular complexity index is 1130. The van der Waals surface area contributed by atoms with Gasteiger partial charge < -0.3 is 15.4 Å². The van der Waals surface area contributed by atoms with Crippen molar-refractivity contribution in [3.63, 3.8) is 0 Å². The molecule has 166 valence electrons. The van der Waals surface area contributed by atoms with Gasteiger partial charge in [0.05, 0.1) is 20.5 Å². The van der Waals surface area contributed by atoms with Gasteiger partial charge in [-0.1, -0.05) is 23.7 Å². The third-order valence-electron chi connectivity index (χ3n) is 5.32. The summed E-state index contributed by atoms with van der Waals surface area (Å²) in [4.78, 5) is 30.1. The lowest BCUT2D eigenvalue weighted by molar-refractivity contribution is 0.0953. The molecule has 2 heterocycles. The second-order valence-corrected chi connectivity index (χ2v) is 9.23. The van der Waals surface area contributed by atoms with Gasteiger partial charge in [-0.05, 0) is 68.0 Å². The molecule has 0 spiro atoms. The molecule has 3 aromatic rings. The van der Waals surface area contributed by atoms with Crippen LogP contribution in [0.4, 0.5) is 5.00 Å². The number of aryl methyl sites for hydroxylation is 1. The number of aromatic nitrogens is 1. The van der Waals surface area contributed by atoms with Crippen LogP contribution in [0.15, 0.2) is 48.7 Å². The zero-order chi connectivity index (χ0) is 22.5. The zero-order valence-corrected chi connectivity index (χ0v) is 19.3. The fraction of sp³-hybridized carbons (Fsp3) is 0.292. The first kappa shape index (κ1) is 22.3. The van der Waals surface area contributed by atoms with Gasteiger partial charge in [-0.15, -0.1) is 11.3 Å². The van der Waals surface area contributed by atoms with E-state index in [2.05, 4.69) is 15.6 Å². The molecule has 4 rings (SSSR count). The van der Waals surface area contributed by atoms with E-state index in [1.165, 1.54) is 24.2 Å². The van der Waals surface area contributed by atoms with E-state index in [0.29, 0.717) is 32.9 Å². The number of hydrogen-bond donors (Lipinski definition) is 2. The van der Waals surface area contributed by atoms with Crippen molar-refractivity contribution < 1.29 is 14.3 Å². The number of halogens is 1. The second-order valence-electron chi connectivity index (χ2n) is 7.77. The van der Waals surface area contributed by atoms with Crippen molar-refractivity contribution in [2.45, 2.75) is 45.3 Å². The van der Waals surface area contributed by atoms with Crippen molar-refractivity contribution in [3.05, 3.63) is 75.3 Å². The normalized spacial score (nSPS) is 13.7. The van der Waals surface area contributed by atoms with Crippen LogP contribution in [0.3, 0.4) is 0 Å². The second kappa shape index (κ2) is 10.1. The van der Waals surface area contributed by atoms with Gasteiger partial charge in [0.1, 0.15) is 6.10 Å². The Hall–Kier alpha value is -2.90. The van der Waals surface area contributed by atoms with Crippen molar-refractivity contribution in [1.29, 1.82) is 0 Å². The number of nitrogens with zero attached hydrogens (tertiary/aromatic N) is 1. The third-order valence-corrected chi connectivity index (χ3v) is 6.80. The van der Waals surface area contributed by atoms with Crippen molar-refractivity contribution in [3.8, 4) is 5.88 Å². The minimum absolute atomic E-state index is 0.194. The largest absolute Gasteiger partial charge is 0.474 e. The van der Waals surface area contributed by atoms with E-state index in [4.69, 9.17) is 16.3 Å². The summed E-state index contributed by atoms with van der Waals surface area (Å²) in [5, 5.41) is 6.73. The summed E-state index contributed by atoms with van der Waals surface area (Å²) in [7, 11) is 0. The number of thiophene rings is 1. The lowest BCUT2D eigenvalue weighted by Crippen LogP contribution is -2.22. The Morgan fingerprint density at radius 1 is 1.16 bits per heavy atom. The van der Waals surface area contributed by atoms with E-state index < -0.39 is 0 Å². The standard InChI is InChI=1S/C24H24ClN3O3S/c1-15-12-21(28-23(29)18-8-4-5-9-19(18)25)32-22(15)24(30)27-14-16-10-11-26-20(13-16)31-17-6-2-3-7-17/h4-5,8-13,17H,2-3,6-7,14H2,1H3,(H,27,30)(H,28,29). The highest BCUT2D eigenvalue weighted by molar-refractivity contribution is 7.18.